The van der Waals surface area contributed by atoms with Crippen molar-refractivity contribution in [3.8, 4) is 0 Å². The number of para-hydroxylation sites is 1. The van der Waals surface area contributed by atoms with Crippen LogP contribution in [-0.2, 0) is 39.2 Å². The van der Waals surface area contributed by atoms with Crippen molar-refractivity contribution < 1.29 is 33.1 Å². The zero-order valence-electron chi connectivity index (χ0n) is 63.4. The number of carbonyl (C=O) groups is 1. The number of imidazole rings is 1. The molecular weight excluding hydrogens is 1290 g/mol. The number of aliphatic hydroxyl groups excluding tert-OH is 2. The Labute approximate surface area is 602 Å². The van der Waals surface area contributed by atoms with Gasteiger partial charge in [0, 0.05) is 134 Å². The molecule has 0 radical (unpaired) electrons. The van der Waals surface area contributed by atoms with Crippen LogP contribution in [0, 0.1) is 10.1 Å². The number of anilines is 1. The second kappa shape index (κ2) is 55.7. The first-order valence-corrected chi connectivity index (χ1v) is 38.4. The number of aromatic nitrogens is 8. The standard InChI is InChI=1S/C12H18N2.C9H19NO.C8H10N2O4S.C8H16N2O.C8H17NO.C7H16N2.C6H13NO.C5H9N3.C5H8N2.C4H7N3/c1-14-9-5-8-12(14)10-13-11-6-3-2-4-7-11;1-2-10-7-4-3-5-9(10)6-8-11;1-9(2)15(13,14)8-5-3-4-7(6-8)10(11)12;1-2-10-6-4-3-5-7(10)8(9)11;1-2-9-6-4-3-5-8(9)7-10;1-3-9-6-4-8(2)5-7-9;1-2-7-3-5-8-6-4-7;1-2-3-8-5-6-4-7-8;1-2-7-4-3-6-5-7;1-2-7-4-5-3-6-7/h2-4,6-7,12-13H,5,8-10H2,1H3;9,11H,2-8H2,1H3;3-6H,1-2H3;7H,2-6H2,1H3,(H2,9,11);8,10H,2-7H2,1H3;3-7H2,1-2H3;2-6H2,1H3;4-5H,2-3H2,1H3;3-5H,2H2,1H3;3-4H,2H2,1H3. The number of amides is 1. The minimum atomic E-state index is -3.60. The maximum absolute atomic E-state index is 11.6. The van der Waals surface area contributed by atoms with Crippen LogP contribution in [0.2, 0.25) is 0 Å². The lowest BCUT2D eigenvalue weighted by Crippen LogP contribution is -2.47. The number of rotatable bonds is 19. The molecule has 11 rings (SSSR count). The number of piperidine rings is 3. The normalized spacial score (nSPS) is 19.9. The van der Waals surface area contributed by atoms with Gasteiger partial charge in [-0.3, -0.25) is 39.0 Å². The maximum atomic E-state index is 11.6. The van der Waals surface area contributed by atoms with Crippen molar-refractivity contribution in [3.05, 3.63) is 109 Å². The Morgan fingerprint density at radius 1 is 0.640 bits per heavy atom. The lowest BCUT2D eigenvalue weighted by Gasteiger charge is -2.34. The first-order chi connectivity index (χ1) is 48.3. The second-order valence-corrected chi connectivity index (χ2v) is 27.6. The van der Waals surface area contributed by atoms with Gasteiger partial charge >= 0.3 is 0 Å². The Morgan fingerprint density at radius 3 is 1.64 bits per heavy atom. The highest BCUT2D eigenvalue weighted by molar-refractivity contribution is 7.89. The molecule has 5 aromatic rings. The number of nitrogens with zero attached hydrogens (tertiary/aromatic N) is 17. The van der Waals surface area contributed by atoms with E-state index in [2.05, 4.69) is 152 Å². The largest absolute Gasteiger partial charge is 0.396 e. The fourth-order valence-corrected chi connectivity index (χ4v) is 12.8. The number of benzene rings is 2. The number of primary amides is 1. The van der Waals surface area contributed by atoms with Crippen molar-refractivity contribution in [1.82, 2.24) is 77.7 Å². The molecule has 6 aliphatic heterocycles. The number of piperazine rings is 1. The molecule has 0 saturated carbocycles. The average Bonchev–Trinajstić information content (AvgIpc) is 0.965. The molecule has 4 unspecified atom stereocenters. The Bertz CT molecular complexity index is 2770. The summed E-state index contributed by atoms with van der Waals surface area (Å²) < 4.78 is 35.0. The Hall–Kier alpha value is -5.89. The molecule has 6 saturated heterocycles. The van der Waals surface area contributed by atoms with Gasteiger partial charge in [-0.15, -0.1) is 0 Å². The molecule has 5 N–H and O–H groups in total. The van der Waals surface area contributed by atoms with E-state index in [9.17, 15) is 23.3 Å². The number of nitrogens with two attached hydrogens (primary N) is 1. The number of hydrogen-bond acceptors (Lipinski definition) is 21. The lowest BCUT2D eigenvalue weighted by atomic mass is 10.00. The number of nitro groups is 1. The fourth-order valence-electron chi connectivity index (χ4n) is 11.9. The van der Waals surface area contributed by atoms with E-state index in [1.54, 1.807) is 36.2 Å². The van der Waals surface area contributed by atoms with E-state index < -0.39 is 14.9 Å². The quantitative estimate of drug-likeness (QED) is 0.0450. The van der Waals surface area contributed by atoms with Gasteiger partial charge in [0.15, 0.2) is 0 Å². The molecular formula is C72H133N19O8S. The predicted molar refractivity (Wildman–Crippen MR) is 404 cm³/mol. The van der Waals surface area contributed by atoms with Crippen molar-refractivity contribution in [1.29, 1.82) is 0 Å². The molecule has 0 aliphatic carbocycles. The molecule has 4 atom stereocenters. The number of sulfonamides is 1. The molecule has 0 bridgehead atoms. The number of likely N-dealkylation sites (N-methyl/N-ethyl adjacent to an activating group) is 6. The van der Waals surface area contributed by atoms with Crippen molar-refractivity contribution in [2.75, 3.05) is 165 Å². The number of nitrogens with one attached hydrogen (secondary N) is 1. The molecule has 100 heavy (non-hydrogen) atoms. The zero-order chi connectivity index (χ0) is 73.8. The monoisotopic (exact) mass is 1420 g/mol. The van der Waals surface area contributed by atoms with Gasteiger partial charge in [-0.05, 0) is 169 Å². The van der Waals surface area contributed by atoms with E-state index in [1.807, 2.05) is 28.4 Å². The van der Waals surface area contributed by atoms with E-state index in [0.717, 1.165) is 121 Å². The summed E-state index contributed by atoms with van der Waals surface area (Å²) in [4.78, 5) is 48.7. The third-order valence-corrected chi connectivity index (χ3v) is 20.2. The van der Waals surface area contributed by atoms with E-state index in [4.69, 9.17) is 20.7 Å². The summed E-state index contributed by atoms with van der Waals surface area (Å²) in [5.74, 6) is -0.161. The van der Waals surface area contributed by atoms with Crippen LogP contribution in [0.1, 0.15) is 139 Å². The van der Waals surface area contributed by atoms with Crippen molar-refractivity contribution >= 4 is 27.3 Å². The van der Waals surface area contributed by atoms with Crippen LogP contribution in [0.25, 0.3) is 0 Å². The highest BCUT2D eigenvalue weighted by atomic mass is 32.2. The number of aliphatic hydroxyl groups is 2. The lowest BCUT2D eigenvalue weighted by molar-refractivity contribution is -0.385. The molecule has 28 heteroatoms. The maximum Gasteiger partial charge on any atom is 0.270 e. The van der Waals surface area contributed by atoms with Gasteiger partial charge in [-0.2, -0.15) is 10.2 Å². The van der Waals surface area contributed by atoms with Crippen molar-refractivity contribution in [2.24, 2.45) is 5.73 Å². The Balaban J connectivity index is 0.000000381. The van der Waals surface area contributed by atoms with Gasteiger partial charge < -0.3 is 50.2 Å². The summed E-state index contributed by atoms with van der Waals surface area (Å²) in [5, 5.41) is 39.4. The van der Waals surface area contributed by atoms with Crippen LogP contribution in [0.5, 0.6) is 0 Å². The Kier molecular flexibility index (Phi) is 50.2. The summed E-state index contributed by atoms with van der Waals surface area (Å²) in [6, 6.07) is 17.2. The minimum Gasteiger partial charge on any atom is -0.396 e. The third-order valence-electron chi connectivity index (χ3n) is 18.4. The van der Waals surface area contributed by atoms with Gasteiger partial charge in [-0.1, -0.05) is 85.1 Å². The van der Waals surface area contributed by atoms with Gasteiger partial charge in [-0.25, -0.2) is 27.7 Å². The number of non-ortho nitro benzene ring substituents is 1. The molecule has 27 nitrogen and oxygen atoms in total. The molecule has 570 valence electrons. The highest BCUT2D eigenvalue weighted by Gasteiger charge is 2.26. The number of nitro benzene ring substituents is 1. The number of hydrogen-bond donors (Lipinski definition) is 4. The molecule has 1 amide bonds. The molecule has 6 aliphatic rings. The fraction of sp³-hybridized carbons (Fsp3) is 0.722. The van der Waals surface area contributed by atoms with Gasteiger partial charge in [0.05, 0.1) is 42.0 Å². The summed E-state index contributed by atoms with van der Waals surface area (Å²) in [5.41, 5.74) is 6.24. The van der Waals surface area contributed by atoms with Crippen LogP contribution < -0.4 is 11.1 Å². The van der Waals surface area contributed by atoms with E-state index in [-0.39, 0.29) is 22.5 Å². The molecule has 9 heterocycles. The SMILES string of the molecule is CCCn1cncn1.CCN1CCCCC1C(N)=O.CCN1CCCCC1CCO.CCN1CCCCC1CO.CCN1CCN(C)CC1.CCN1CCOCC1.CCn1ccnc1.CCn1cncn1.CN(C)S(=O)(=O)c1cccc([N+](=O)[O-])c1.CN1CCCC1CNc1ccccc1. The molecule has 6 fully saturated rings. The summed E-state index contributed by atoms with van der Waals surface area (Å²) >= 11 is 0. The molecule has 2 aromatic carbocycles. The molecule has 3 aromatic heterocycles. The summed E-state index contributed by atoms with van der Waals surface area (Å²) in [6.07, 6.45) is 27.9. The number of aryl methyl sites for hydroxylation is 3. The summed E-state index contributed by atoms with van der Waals surface area (Å²) in [7, 11) is 3.53. The topological polar surface area (TPSA) is 287 Å². The number of likely N-dealkylation sites (tertiary alicyclic amines) is 4. The number of morpholine rings is 1. The first kappa shape index (κ1) is 90.2. The first-order valence-electron chi connectivity index (χ1n) is 37.0. The minimum absolute atomic E-state index is 0.00810. The van der Waals surface area contributed by atoms with Gasteiger partial charge in [0.25, 0.3) is 5.69 Å². The number of carbonyl (C=O) groups excluding carboxylic acids is 1. The van der Waals surface area contributed by atoms with Crippen LogP contribution in [0.3, 0.4) is 0 Å². The van der Waals surface area contributed by atoms with E-state index >= 15 is 0 Å². The summed E-state index contributed by atoms with van der Waals surface area (Å²) in [6.45, 7) is 41.1. The Morgan fingerprint density at radius 2 is 1.21 bits per heavy atom. The zero-order valence-corrected chi connectivity index (χ0v) is 64.3. The number of ether oxygens (including phenoxy) is 1. The smallest absolute Gasteiger partial charge is 0.270 e. The van der Waals surface area contributed by atoms with Crippen molar-refractivity contribution in [3.63, 3.8) is 0 Å². The average molecular weight is 1430 g/mol. The van der Waals surface area contributed by atoms with E-state index in [0.29, 0.717) is 25.3 Å². The second-order valence-electron chi connectivity index (χ2n) is 25.4. The van der Waals surface area contributed by atoms with Crippen molar-refractivity contribution in [2.45, 2.75) is 188 Å². The van der Waals surface area contributed by atoms with Crippen LogP contribution in [0.4, 0.5) is 11.4 Å². The van der Waals surface area contributed by atoms with Crippen LogP contribution in [0.15, 0.2) is 104 Å². The van der Waals surface area contributed by atoms with Gasteiger partial charge in [0.1, 0.15) is 25.3 Å². The van der Waals surface area contributed by atoms with Gasteiger partial charge in [0.2, 0.25) is 15.9 Å². The van der Waals surface area contributed by atoms with Crippen LogP contribution in [-0.4, -0.2) is 291 Å². The van der Waals surface area contributed by atoms with Crippen LogP contribution >= 0.6 is 0 Å². The van der Waals surface area contributed by atoms with E-state index in [1.165, 1.54) is 161 Å². The highest BCUT2D eigenvalue weighted by Crippen LogP contribution is 2.21. The predicted octanol–water partition coefficient (Wildman–Crippen LogP) is 7.96. The third kappa shape index (κ3) is 38.4. The molecule has 0 spiro atoms.